The molecule has 0 aliphatic heterocycles. The van der Waals surface area contributed by atoms with E-state index >= 15 is 0 Å². The number of primary amides is 1. The summed E-state index contributed by atoms with van der Waals surface area (Å²) in [7, 11) is 0. The van der Waals surface area contributed by atoms with Crippen LogP contribution in [0.1, 0.15) is 34.8 Å². The number of anilines is 1. The van der Waals surface area contributed by atoms with Gasteiger partial charge in [-0.2, -0.15) is 0 Å². The van der Waals surface area contributed by atoms with Crippen molar-refractivity contribution in [2.45, 2.75) is 25.0 Å². The quantitative estimate of drug-likeness (QED) is 0.784. The van der Waals surface area contributed by atoms with E-state index in [2.05, 4.69) is 10.3 Å². The van der Waals surface area contributed by atoms with Crippen LogP contribution in [0.4, 0.5) is 14.6 Å². The van der Waals surface area contributed by atoms with Gasteiger partial charge in [0.05, 0.1) is 17.7 Å². The Morgan fingerprint density at radius 3 is 2.58 bits per heavy atom. The Bertz CT molecular complexity index is 746. The summed E-state index contributed by atoms with van der Waals surface area (Å²) < 4.78 is 27.3. The number of hydrogen-bond acceptors (Lipinski definition) is 4. The second-order valence-electron chi connectivity index (χ2n) is 5.97. The Labute approximate surface area is 137 Å². The zero-order valence-corrected chi connectivity index (χ0v) is 12.7. The van der Waals surface area contributed by atoms with Gasteiger partial charge >= 0.3 is 0 Å². The van der Waals surface area contributed by atoms with Gasteiger partial charge in [0, 0.05) is 17.8 Å². The summed E-state index contributed by atoms with van der Waals surface area (Å²) in [6, 6.07) is 6.06. The lowest BCUT2D eigenvalue weighted by atomic mass is 9.75. The van der Waals surface area contributed by atoms with Crippen LogP contribution in [-0.2, 0) is 0 Å². The number of aromatic nitrogens is 1. The molecule has 126 valence electrons. The predicted molar refractivity (Wildman–Crippen MR) is 84.2 cm³/mol. The van der Waals surface area contributed by atoms with Gasteiger partial charge in [0.1, 0.15) is 17.5 Å². The summed E-state index contributed by atoms with van der Waals surface area (Å²) in [5.41, 5.74) is 5.75. The van der Waals surface area contributed by atoms with Crippen LogP contribution in [0.3, 0.4) is 0 Å². The van der Waals surface area contributed by atoms with Gasteiger partial charge in [-0.3, -0.25) is 4.79 Å². The lowest BCUT2D eigenvalue weighted by Crippen LogP contribution is -2.36. The first-order valence-corrected chi connectivity index (χ1v) is 7.59. The molecule has 0 bridgehead atoms. The Morgan fingerprint density at radius 2 is 2.04 bits per heavy atom. The van der Waals surface area contributed by atoms with E-state index in [4.69, 9.17) is 5.73 Å². The van der Waals surface area contributed by atoms with Crippen LogP contribution in [0.15, 0.2) is 36.5 Å². The van der Waals surface area contributed by atoms with Crippen molar-refractivity contribution in [3.8, 4) is 0 Å². The topological polar surface area (TPSA) is 88.2 Å². The highest BCUT2D eigenvalue weighted by atomic mass is 19.1. The van der Waals surface area contributed by atoms with Crippen molar-refractivity contribution in [1.82, 2.24) is 4.98 Å². The van der Waals surface area contributed by atoms with Crippen molar-refractivity contribution >= 4 is 11.7 Å². The Hall–Kier alpha value is -2.54. The molecule has 0 spiro atoms. The number of pyridine rings is 1. The van der Waals surface area contributed by atoms with Gasteiger partial charge in [0.2, 0.25) is 5.91 Å². The fourth-order valence-corrected chi connectivity index (χ4v) is 2.89. The number of nitrogens with zero attached hydrogens (tertiary/aromatic N) is 1. The maximum atomic E-state index is 14.2. The van der Waals surface area contributed by atoms with Gasteiger partial charge in [-0.15, -0.1) is 0 Å². The first kappa shape index (κ1) is 16.3. The summed E-state index contributed by atoms with van der Waals surface area (Å²) >= 11 is 0. The third-order valence-electron chi connectivity index (χ3n) is 4.27. The van der Waals surface area contributed by atoms with E-state index in [9.17, 15) is 18.7 Å². The predicted octanol–water partition coefficient (Wildman–Crippen LogP) is 2.38. The second-order valence-corrected chi connectivity index (χ2v) is 5.97. The molecule has 1 aromatic carbocycles. The average Bonchev–Trinajstić information content (AvgIpc) is 2.51. The van der Waals surface area contributed by atoms with Gasteiger partial charge in [-0.25, -0.2) is 13.8 Å². The third kappa shape index (κ3) is 3.35. The summed E-state index contributed by atoms with van der Waals surface area (Å²) in [4.78, 5) is 15.2. The zero-order valence-electron chi connectivity index (χ0n) is 12.7. The third-order valence-corrected chi connectivity index (χ3v) is 4.27. The SMILES string of the molecule is NC(=O)c1ccc(NC(c2ccc(F)cc2F)C2CC(O)C2)nc1. The van der Waals surface area contributed by atoms with Gasteiger partial charge in [-0.05, 0) is 37.0 Å². The molecule has 24 heavy (non-hydrogen) atoms. The van der Waals surface area contributed by atoms with E-state index in [0.717, 1.165) is 6.07 Å². The monoisotopic (exact) mass is 333 g/mol. The lowest BCUT2D eigenvalue weighted by molar-refractivity contribution is 0.0334. The van der Waals surface area contributed by atoms with Crippen molar-refractivity contribution in [2.75, 3.05) is 5.32 Å². The second kappa shape index (κ2) is 6.52. The average molecular weight is 333 g/mol. The number of aliphatic hydroxyl groups excluding tert-OH is 1. The highest BCUT2D eigenvalue weighted by Crippen LogP contribution is 2.40. The number of nitrogens with one attached hydrogen (secondary N) is 1. The standard InChI is InChI=1S/C17H17F2N3O2/c18-11-2-3-13(14(19)7-11)16(10-5-12(23)6-10)22-15-4-1-9(8-21-15)17(20)24/h1-4,7-8,10,12,16,23H,5-6H2,(H2,20,24)(H,21,22). The molecule has 1 aromatic heterocycles. The van der Waals surface area contributed by atoms with E-state index in [0.29, 0.717) is 24.2 Å². The molecule has 1 aliphatic carbocycles. The smallest absolute Gasteiger partial charge is 0.250 e. The molecule has 4 N–H and O–H groups in total. The van der Waals surface area contributed by atoms with Crippen LogP contribution in [0.25, 0.3) is 0 Å². The molecular formula is C17H17F2N3O2. The summed E-state index contributed by atoms with van der Waals surface area (Å²) in [5, 5.41) is 12.7. The first-order chi connectivity index (χ1) is 11.4. The minimum Gasteiger partial charge on any atom is -0.393 e. The van der Waals surface area contributed by atoms with Crippen LogP contribution in [0.2, 0.25) is 0 Å². The van der Waals surface area contributed by atoms with Crippen LogP contribution in [0.5, 0.6) is 0 Å². The van der Waals surface area contributed by atoms with Crippen LogP contribution < -0.4 is 11.1 Å². The molecule has 3 rings (SSSR count). The lowest BCUT2D eigenvalue weighted by Gasteiger charge is -2.38. The molecule has 5 nitrogen and oxygen atoms in total. The molecule has 2 aromatic rings. The Kier molecular flexibility index (Phi) is 4.44. The maximum Gasteiger partial charge on any atom is 0.250 e. The van der Waals surface area contributed by atoms with Crippen molar-refractivity contribution in [1.29, 1.82) is 0 Å². The number of carbonyl (C=O) groups is 1. The summed E-state index contributed by atoms with van der Waals surface area (Å²) in [5.74, 6) is -1.44. The number of benzene rings is 1. The molecule has 1 fully saturated rings. The van der Waals surface area contributed by atoms with Gasteiger partial charge in [-0.1, -0.05) is 6.07 Å². The Morgan fingerprint density at radius 1 is 1.29 bits per heavy atom. The molecule has 7 heteroatoms. The highest BCUT2D eigenvalue weighted by molar-refractivity contribution is 5.92. The van der Waals surface area contributed by atoms with E-state index in [1.54, 1.807) is 6.07 Å². The number of halogens is 2. The van der Waals surface area contributed by atoms with E-state index < -0.39 is 29.7 Å². The maximum absolute atomic E-state index is 14.2. The Balaban J connectivity index is 1.86. The van der Waals surface area contributed by atoms with Crippen LogP contribution >= 0.6 is 0 Å². The fraction of sp³-hybridized carbons (Fsp3) is 0.294. The molecule has 1 heterocycles. The number of carbonyl (C=O) groups excluding carboxylic acids is 1. The molecule has 0 saturated heterocycles. The van der Waals surface area contributed by atoms with E-state index in [1.165, 1.54) is 24.4 Å². The van der Waals surface area contributed by atoms with Crippen molar-refractivity contribution in [3.63, 3.8) is 0 Å². The number of aliphatic hydroxyl groups is 1. The molecule has 1 saturated carbocycles. The van der Waals surface area contributed by atoms with E-state index in [1.807, 2.05) is 0 Å². The van der Waals surface area contributed by atoms with Crippen molar-refractivity contribution in [3.05, 3.63) is 59.3 Å². The van der Waals surface area contributed by atoms with Gasteiger partial charge in [0.25, 0.3) is 0 Å². The van der Waals surface area contributed by atoms with Crippen molar-refractivity contribution in [2.24, 2.45) is 11.7 Å². The largest absolute Gasteiger partial charge is 0.393 e. The highest BCUT2D eigenvalue weighted by Gasteiger charge is 2.36. The molecule has 1 unspecified atom stereocenters. The molecule has 1 atom stereocenters. The number of rotatable bonds is 5. The molecule has 1 amide bonds. The molecular weight excluding hydrogens is 316 g/mol. The van der Waals surface area contributed by atoms with Gasteiger partial charge in [0.15, 0.2) is 0 Å². The minimum absolute atomic E-state index is 0.00224. The summed E-state index contributed by atoms with van der Waals surface area (Å²) in [6.07, 6.45) is 1.97. The number of amides is 1. The fourth-order valence-electron chi connectivity index (χ4n) is 2.89. The number of hydrogen-bond donors (Lipinski definition) is 3. The first-order valence-electron chi connectivity index (χ1n) is 7.59. The minimum atomic E-state index is -0.650. The summed E-state index contributed by atoms with van der Waals surface area (Å²) in [6.45, 7) is 0. The van der Waals surface area contributed by atoms with Crippen LogP contribution in [-0.4, -0.2) is 22.1 Å². The zero-order chi connectivity index (χ0) is 17.3. The van der Waals surface area contributed by atoms with Crippen LogP contribution in [0, 0.1) is 17.6 Å². The molecule has 0 radical (unpaired) electrons. The van der Waals surface area contributed by atoms with Crippen molar-refractivity contribution < 1.29 is 18.7 Å². The number of nitrogens with two attached hydrogens (primary N) is 1. The molecule has 1 aliphatic rings. The normalized spacial score (nSPS) is 21.0. The van der Waals surface area contributed by atoms with Gasteiger partial charge < -0.3 is 16.2 Å². The van der Waals surface area contributed by atoms with E-state index in [-0.39, 0.29) is 11.5 Å².